The molecule has 0 aliphatic carbocycles. The number of benzene rings is 1. The molecule has 2 aromatic rings. The van der Waals surface area contributed by atoms with Crippen LogP contribution in [0.2, 0.25) is 0 Å². The molecule has 0 spiro atoms. The highest BCUT2D eigenvalue weighted by atomic mass is 16.4. The van der Waals surface area contributed by atoms with Gasteiger partial charge in [-0.05, 0) is 26.0 Å². The number of imidazole rings is 1. The fourth-order valence-corrected chi connectivity index (χ4v) is 1.76. The number of rotatable bonds is 2. The summed E-state index contributed by atoms with van der Waals surface area (Å²) in [5.74, 6) is -0.408. The highest BCUT2D eigenvalue weighted by molar-refractivity contribution is 5.79. The van der Waals surface area contributed by atoms with E-state index in [1.54, 1.807) is 18.4 Å². The summed E-state index contributed by atoms with van der Waals surface area (Å²) in [5, 5.41) is 10.8. The zero-order valence-electron chi connectivity index (χ0n) is 8.60. The van der Waals surface area contributed by atoms with Crippen molar-refractivity contribution in [3.05, 3.63) is 30.1 Å². The lowest BCUT2D eigenvalue weighted by Gasteiger charge is -2.16. The summed E-state index contributed by atoms with van der Waals surface area (Å²) in [4.78, 5) is 15.1. The van der Waals surface area contributed by atoms with Crippen molar-refractivity contribution < 1.29 is 9.90 Å². The van der Waals surface area contributed by atoms with E-state index in [9.17, 15) is 9.90 Å². The van der Waals surface area contributed by atoms with Gasteiger partial charge in [0.1, 0.15) is 5.82 Å². The van der Waals surface area contributed by atoms with Crippen LogP contribution in [0.4, 0.5) is 0 Å². The summed E-state index contributed by atoms with van der Waals surface area (Å²) in [5.41, 5.74) is 1.63. The predicted molar refractivity (Wildman–Crippen MR) is 54.2 cm³/mol. The molecule has 0 radical (unpaired) electrons. The second-order valence-corrected chi connectivity index (χ2v) is 3.51. The minimum absolute atomic E-state index is 0.688. The van der Waals surface area contributed by atoms with Crippen LogP contribution in [-0.2, 0) is 4.79 Å². The number of aryl methyl sites for hydroxylation is 1. The Balaban J connectivity index is 2.68. The maximum absolute atomic E-state index is 10.8. The predicted octanol–water partition coefficient (Wildman–Crippen LogP) is 0.656. The van der Waals surface area contributed by atoms with Crippen LogP contribution < -0.4 is 5.11 Å². The van der Waals surface area contributed by atoms with E-state index in [2.05, 4.69) is 4.98 Å². The molecule has 0 aliphatic heterocycles. The van der Waals surface area contributed by atoms with E-state index >= 15 is 0 Å². The largest absolute Gasteiger partial charge is 0.548 e. The maximum Gasteiger partial charge on any atom is 0.107 e. The van der Waals surface area contributed by atoms with Crippen LogP contribution in [0.5, 0.6) is 0 Å². The van der Waals surface area contributed by atoms with E-state index in [1.807, 2.05) is 24.3 Å². The number of nitrogens with zero attached hydrogens (tertiary/aromatic N) is 2. The molecule has 1 heterocycles. The molecule has 0 fully saturated rings. The van der Waals surface area contributed by atoms with Crippen LogP contribution in [0.15, 0.2) is 24.3 Å². The molecule has 1 aromatic carbocycles. The first-order valence-corrected chi connectivity index (χ1v) is 4.75. The minimum Gasteiger partial charge on any atom is -0.548 e. The third-order valence-electron chi connectivity index (χ3n) is 2.50. The number of hydrogen-bond donors (Lipinski definition) is 0. The second-order valence-electron chi connectivity index (χ2n) is 3.51. The van der Waals surface area contributed by atoms with Crippen LogP contribution in [0.1, 0.15) is 18.8 Å². The standard InChI is InChI=1S/C11H12N2O2/c1-7(11(14)15)13-8(2)12-9-5-3-4-6-10(9)13/h3-7H,1-2H3,(H,14,15)/p-1/t7-/m1/s1. The topological polar surface area (TPSA) is 58.0 Å². The van der Waals surface area contributed by atoms with Gasteiger partial charge in [-0.1, -0.05) is 12.1 Å². The fraction of sp³-hybridized carbons (Fsp3) is 0.273. The lowest BCUT2D eigenvalue weighted by Crippen LogP contribution is -2.31. The summed E-state index contributed by atoms with van der Waals surface area (Å²) >= 11 is 0. The molecule has 0 N–H and O–H groups in total. The van der Waals surface area contributed by atoms with Gasteiger partial charge in [0.2, 0.25) is 0 Å². The van der Waals surface area contributed by atoms with Gasteiger partial charge >= 0.3 is 0 Å². The van der Waals surface area contributed by atoms with E-state index in [1.165, 1.54) is 0 Å². The number of para-hydroxylation sites is 2. The smallest absolute Gasteiger partial charge is 0.107 e. The van der Waals surface area contributed by atoms with Gasteiger partial charge in [0, 0.05) is 0 Å². The SMILES string of the molecule is Cc1nc2ccccc2n1[C@H](C)C(=O)[O-]. The van der Waals surface area contributed by atoms with Crippen molar-refractivity contribution in [2.24, 2.45) is 0 Å². The molecule has 0 saturated heterocycles. The van der Waals surface area contributed by atoms with Gasteiger partial charge in [0.25, 0.3) is 0 Å². The first kappa shape index (κ1) is 9.71. The number of carboxylic acid groups (broad SMARTS) is 1. The molecule has 4 nitrogen and oxygen atoms in total. The van der Waals surface area contributed by atoms with E-state index in [-0.39, 0.29) is 0 Å². The highest BCUT2D eigenvalue weighted by Crippen LogP contribution is 2.19. The molecule has 0 bridgehead atoms. The third-order valence-corrected chi connectivity index (χ3v) is 2.50. The molecule has 1 atom stereocenters. The van der Waals surface area contributed by atoms with E-state index in [4.69, 9.17) is 0 Å². The number of hydrogen-bond acceptors (Lipinski definition) is 3. The van der Waals surface area contributed by atoms with Gasteiger partial charge in [-0.3, -0.25) is 0 Å². The Morgan fingerprint density at radius 2 is 2.13 bits per heavy atom. The second kappa shape index (κ2) is 3.38. The molecular formula is C11H11N2O2-. The molecule has 1 aromatic heterocycles. The van der Waals surface area contributed by atoms with Gasteiger partial charge in [0.05, 0.1) is 23.0 Å². The zero-order valence-corrected chi connectivity index (χ0v) is 8.60. The molecule has 2 rings (SSSR count). The summed E-state index contributed by atoms with van der Waals surface area (Å²) < 4.78 is 1.67. The van der Waals surface area contributed by atoms with Crippen LogP contribution in [0.3, 0.4) is 0 Å². The van der Waals surface area contributed by atoms with E-state index in [0.29, 0.717) is 5.82 Å². The minimum atomic E-state index is -1.10. The van der Waals surface area contributed by atoms with Crippen molar-refractivity contribution in [3.8, 4) is 0 Å². The number of carbonyl (C=O) groups excluding carboxylic acids is 1. The van der Waals surface area contributed by atoms with Crippen molar-refractivity contribution in [3.63, 3.8) is 0 Å². The molecule has 0 aliphatic rings. The summed E-state index contributed by atoms with van der Waals surface area (Å²) in [6.07, 6.45) is 0. The van der Waals surface area contributed by atoms with Gasteiger partial charge in [0.15, 0.2) is 0 Å². The average Bonchev–Trinajstić information content (AvgIpc) is 2.52. The monoisotopic (exact) mass is 203 g/mol. The lowest BCUT2D eigenvalue weighted by atomic mass is 10.3. The number of carboxylic acids is 1. The van der Waals surface area contributed by atoms with Crippen LogP contribution >= 0.6 is 0 Å². The van der Waals surface area contributed by atoms with Crippen LogP contribution in [0, 0.1) is 6.92 Å². The summed E-state index contributed by atoms with van der Waals surface area (Å²) in [6, 6.07) is 6.76. The number of fused-ring (bicyclic) bond motifs is 1. The normalized spacial score (nSPS) is 12.9. The van der Waals surface area contributed by atoms with Crippen molar-refractivity contribution in [1.29, 1.82) is 0 Å². The molecule has 4 heteroatoms. The number of carbonyl (C=O) groups is 1. The molecule has 0 unspecified atom stereocenters. The Morgan fingerprint density at radius 1 is 1.47 bits per heavy atom. The quantitative estimate of drug-likeness (QED) is 0.720. The van der Waals surface area contributed by atoms with Gasteiger partial charge < -0.3 is 14.5 Å². The maximum atomic E-state index is 10.8. The molecular weight excluding hydrogens is 192 g/mol. The average molecular weight is 203 g/mol. The highest BCUT2D eigenvalue weighted by Gasteiger charge is 2.12. The number of aromatic nitrogens is 2. The Hall–Kier alpha value is -1.84. The Labute approximate surface area is 87.2 Å². The summed E-state index contributed by atoms with van der Waals surface area (Å²) in [7, 11) is 0. The van der Waals surface area contributed by atoms with Crippen LogP contribution in [-0.4, -0.2) is 15.5 Å². The van der Waals surface area contributed by atoms with Crippen molar-refractivity contribution in [2.45, 2.75) is 19.9 Å². The van der Waals surface area contributed by atoms with E-state index in [0.717, 1.165) is 11.0 Å². The Kier molecular flexibility index (Phi) is 2.19. The first-order chi connectivity index (χ1) is 7.11. The summed E-state index contributed by atoms with van der Waals surface area (Å²) in [6.45, 7) is 3.38. The van der Waals surface area contributed by atoms with E-state index < -0.39 is 12.0 Å². The molecule has 78 valence electrons. The van der Waals surface area contributed by atoms with Crippen molar-refractivity contribution >= 4 is 17.0 Å². The zero-order chi connectivity index (χ0) is 11.0. The molecule has 0 saturated carbocycles. The first-order valence-electron chi connectivity index (χ1n) is 4.75. The van der Waals surface area contributed by atoms with Crippen LogP contribution in [0.25, 0.3) is 11.0 Å². The van der Waals surface area contributed by atoms with Gasteiger partial charge in [-0.25, -0.2) is 4.98 Å². The Bertz CT molecular complexity index is 516. The number of aliphatic carboxylic acids is 1. The third kappa shape index (κ3) is 1.48. The van der Waals surface area contributed by atoms with Crippen molar-refractivity contribution in [1.82, 2.24) is 9.55 Å². The van der Waals surface area contributed by atoms with Crippen molar-refractivity contribution in [2.75, 3.05) is 0 Å². The Morgan fingerprint density at radius 3 is 2.80 bits per heavy atom. The molecule has 0 amide bonds. The molecule has 15 heavy (non-hydrogen) atoms. The van der Waals surface area contributed by atoms with Gasteiger partial charge in [-0.15, -0.1) is 0 Å². The lowest BCUT2D eigenvalue weighted by molar-refractivity contribution is -0.309. The fourth-order valence-electron chi connectivity index (χ4n) is 1.76. The van der Waals surface area contributed by atoms with Gasteiger partial charge in [-0.2, -0.15) is 0 Å².